The molecule has 0 amide bonds. The number of hydrogen-bond donors (Lipinski definition) is 1. The molecule has 0 aliphatic carbocycles. The van der Waals surface area contributed by atoms with Gasteiger partial charge in [-0.1, -0.05) is 19.1 Å². The fourth-order valence-electron chi connectivity index (χ4n) is 2.36. The average Bonchev–Trinajstić information content (AvgIpc) is 2.82. The molecule has 2 aromatic carbocycles. The lowest BCUT2D eigenvalue weighted by Crippen LogP contribution is -2.00. The van der Waals surface area contributed by atoms with Crippen LogP contribution in [0.25, 0.3) is 16.7 Å². The lowest BCUT2D eigenvalue weighted by atomic mass is 10.1. The van der Waals surface area contributed by atoms with E-state index in [-0.39, 0.29) is 0 Å². The third-order valence-corrected chi connectivity index (χ3v) is 3.49. The highest BCUT2D eigenvalue weighted by molar-refractivity contribution is 5.82. The highest BCUT2D eigenvalue weighted by Gasteiger charge is 2.10. The van der Waals surface area contributed by atoms with Crippen molar-refractivity contribution in [2.75, 3.05) is 12.8 Å². The number of anilines is 1. The minimum Gasteiger partial charge on any atom is -0.497 e. The van der Waals surface area contributed by atoms with Gasteiger partial charge in [0.2, 0.25) is 5.95 Å². The van der Waals surface area contributed by atoms with E-state index in [1.807, 2.05) is 22.8 Å². The molecule has 0 radical (unpaired) electrons. The molecule has 1 heterocycles. The van der Waals surface area contributed by atoms with E-state index in [0.29, 0.717) is 5.95 Å². The molecular formula is C16H17N3O. The minimum atomic E-state index is 0.484. The molecule has 0 bridgehead atoms. The summed E-state index contributed by atoms with van der Waals surface area (Å²) < 4.78 is 7.17. The first-order valence-corrected chi connectivity index (χ1v) is 6.64. The second kappa shape index (κ2) is 4.89. The molecule has 0 saturated carbocycles. The maximum atomic E-state index is 6.06. The topological polar surface area (TPSA) is 53.1 Å². The molecule has 0 aliphatic rings. The zero-order chi connectivity index (χ0) is 14.1. The molecule has 20 heavy (non-hydrogen) atoms. The van der Waals surface area contributed by atoms with Gasteiger partial charge in [-0.3, -0.25) is 4.57 Å². The van der Waals surface area contributed by atoms with Crippen molar-refractivity contribution in [2.24, 2.45) is 0 Å². The van der Waals surface area contributed by atoms with Gasteiger partial charge < -0.3 is 10.5 Å². The van der Waals surface area contributed by atoms with Gasteiger partial charge in [-0.2, -0.15) is 0 Å². The van der Waals surface area contributed by atoms with E-state index in [0.717, 1.165) is 28.9 Å². The SMILES string of the molecule is CCc1ccc(-n2c(N)nc3cc(OC)ccc32)cc1. The summed E-state index contributed by atoms with van der Waals surface area (Å²) in [7, 11) is 1.64. The molecule has 0 aliphatic heterocycles. The summed E-state index contributed by atoms with van der Waals surface area (Å²) in [6.45, 7) is 2.14. The number of aryl methyl sites for hydroxylation is 1. The van der Waals surface area contributed by atoms with Gasteiger partial charge in [-0.15, -0.1) is 0 Å². The molecule has 4 heteroatoms. The fourth-order valence-corrected chi connectivity index (χ4v) is 2.36. The normalized spacial score (nSPS) is 10.9. The van der Waals surface area contributed by atoms with Crippen LogP contribution < -0.4 is 10.5 Å². The van der Waals surface area contributed by atoms with Gasteiger partial charge >= 0.3 is 0 Å². The maximum Gasteiger partial charge on any atom is 0.205 e. The quantitative estimate of drug-likeness (QED) is 0.793. The van der Waals surface area contributed by atoms with Crippen molar-refractivity contribution in [1.82, 2.24) is 9.55 Å². The Morgan fingerprint density at radius 1 is 1.15 bits per heavy atom. The Labute approximate surface area is 117 Å². The summed E-state index contributed by atoms with van der Waals surface area (Å²) in [6.07, 6.45) is 1.03. The molecule has 0 saturated heterocycles. The Morgan fingerprint density at radius 3 is 2.55 bits per heavy atom. The number of benzene rings is 2. The average molecular weight is 267 g/mol. The van der Waals surface area contributed by atoms with Gasteiger partial charge in [0.05, 0.1) is 18.1 Å². The molecule has 4 nitrogen and oxygen atoms in total. The van der Waals surface area contributed by atoms with Crippen LogP contribution in [-0.2, 0) is 6.42 Å². The van der Waals surface area contributed by atoms with Gasteiger partial charge in [-0.25, -0.2) is 4.98 Å². The zero-order valence-corrected chi connectivity index (χ0v) is 11.6. The Hall–Kier alpha value is -2.49. The molecule has 0 fully saturated rings. The van der Waals surface area contributed by atoms with Crippen LogP contribution in [0.1, 0.15) is 12.5 Å². The Bertz CT molecular complexity index is 744. The minimum absolute atomic E-state index is 0.484. The number of aromatic nitrogens is 2. The third-order valence-electron chi connectivity index (χ3n) is 3.49. The van der Waals surface area contributed by atoms with E-state index >= 15 is 0 Å². The largest absolute Gasteiger partial charge is 0.497 e. The molecule has 0 spiro atoms. The van der Waals surface area contributed by atoms with E-state index in [1.54, 1.807) is 7.11 Å². The number of hydrogen-bond acceptors (Lipinski definition) is 3. The van der Waals surface area contributed by atoms with Crippen molar-refractivity contribution >= 4 is 17.0 Å². The Morgan fingerprint density at radius 2 is 1.90 bits per heavy atom. The van der Waals surface area contributed by atoms with E-state index in [1.165, 1.54) is 5.56 Å². The van der Waals surface area contributed by atoms with Gasteiger partial charge in [0.15, 0.2) is 0 Å². The molecule has 1 aromatic heterocycles. The number of fused-ring (bicyclic) bond motifs is 1. The van der Waals surface area contributed by atoms with E-state index in [9.17, 15) is 0 Å². The second-order valence-corrected chi connectivity index (χ2v) is 4.68. The lowest BCUT2D eigenvalue weighted by Gasteiger charge is -2.07. The monoisotopic (exact) mass is 267 g/mol. The number of nitrogen functional groups attached to an aromatic ring is 1. The number of rotatable bonds is 3. The van der Waals surface area contributed by atoms with Crippen molar-refractivity contribution in [3.8, 4) is 11.4 Å². The third kappa shape index (κ3) is 1.99. The van der Waals surface area contributed by atoms with E-state index in [2.05, 4.69) is 36.2 Å². The zero-order valence-electron chi connectivity index (χ0n) is 11.6. The molecule has 3 aromatic rings. The van der Waals surface area contributed by atoms with Crippen molar-refractivity contribution in [3.05, 3.63) is 48.0 Å². The van der Waals surface area contributed by atoms with Gasteiger partial charge in [0.1, 0.15) is 5.75 Å². The van der Waals surface area contributed by atoms with E-state index in [4.69, 9.17) is 10.5 Å². The lowest BCUT2D eigenvalue weighted by molar-refractivity contribution is 0.415. The van der Waals surface area contributed by atoms with Crippen molar-refractivity contribution in [1.29, 1.82) is 0 Å². The molecule has 2 N–H and O–H groups in total. The summed E-state index contributed by atoms with van der Waals surface area (Å²) in [6, 6.07) is 14.2. The van der Waals surface area contributed by atoms with Crippen LogP contribution in [0.15, 0.2) is 42.5 Å². The van der Waals surface area contributed by atoms with Gasteiger partial charge in [0, 0.05) is 11.8 Å². The first-order chi connectivity index (χ1) is 9.72. The standard InChI is InChI=1S/C16H17N3O/c1-3-11-4-6-12(7-5-11)19-15-9-8-13(20-2)10-14(15)18-16(19)17/h4-10H,3H2,1-2H3,(H2,17,18). The molecule has 0 atom stereocenters. The van der Waals surface area contributed by atoms with Crippen LogP contribution in [-0.4, -0.2) is 16.7 Å². The van der Waals surface area contributed by atoms with Crippen molar-refractivity contribution < 1.29 is 4.74 Å². The predicted molar refractivity (Wildman–Crippen MR) is 81.4 cm³/mol. The highest BCUT2D eigenvalue weighted by atomic mass is 16.5. The van der Waals surface area contributed by atoms with Crippen LogP contribution >= 0.6 is 0 Å². The summed E-state index contributed by atoms with van der Waals surface area (Å²) >= 11 is 0. The Balaban J connectivity index is 2.16. The Kier molecular flexibility index (Phi) is 3.06. The first-order valence-electron chi connectivity index (χ1n) is 6.64. The van der Waals surface area contributed by atoms with Gasteiger partial charge in [0.25, 0.3) is 0 Å². The molecule has 3 rings (SSSR count). The van der Waals surface area contributed by atoms with Crippen LogP contribution in [0, 0.1) is 0 Å². The second-order valence-electron chi connectivity index (χ2n) is 4.68. The maximum absolute atomic E-state index is 6.06. The fraction of sp³-hybridized carbons (Fsp3) is 0.188. The molecule has 102 valence electrons. The summed E-state index contributed by atoms with van der Waals surface area (Å²) in [5, 5.41) is 0. The smallest absolute Gasteiger partial charge is 0.205 e. The summed E-state index contributed by atoms with van der Waals surface area (Å²) in [4.78, 5) is 4.40. The number of ether oxygens (including phenoxy) is 1. The molecule has 0 unspecified atom stereocenters. The van der Waals surface area contributed by atoms with Crippen LogP contribution in [0.4, 0.5) is 5.95 Å². The summed E-state index contributed by atoms with van der Waals surface area (Å²) in [5.41, 5.74) is 10.2. The van der Waals surface area contributed by atoms with Crippen molar-refractivity contribution in [2.45, 2.75) is 13.3 Å². The highest BCUT2D eigenvalue weighted by Crippen LogP contribution is 2.26. The summed E-state index contributed by atoms with van der Waals surface area (Å²) in [5.74, 6) is 1.26. The first kappa shape index (κ1) is 12.5. The predicted octanol–water partition coefficient (Wildman–Crippen LogP) is 3.18. The van der Waals surface area contributed by atoms with Crippen LogP contribution in [0.5, 0.6) is 5.75 Å². The van der Waals surface area contributed by atoms with Crippen LogP contribution in [0.3, 0.4) is 0 Å². The van der Waals surface area contributed by atoms with E-state index < -0.39 is 0 Å². The molecular weight excluding hydrogens is 250 g/mol. The number of nitrogens with two attached hydrogens (primary N) is 1. The number of nitrogens with zero attached hydrogens (tertiary/aromatic N) is 2. The van der Waals surface area contributed by atoms with Crippen molar-refractivity contribution in [3.63, 3.8) is 0 Å². The number of imidazole rings is 1. The van der Waals surface area contributed by atoms with Crippen LogP contribution in [0.2, 0.25) is 0 Å². The van der Waals surface area contributed by atoms with Gasteiger partial charge in [-0.05, 0) is 36.2 Å². The number of methoxy groups -OCH3 is 1.